The molecule has 0 aliphatic carbocycles. The first-order chi connectivity index (χ1) is 11.5. The van der Waals surface area contributed by atoms with Crippen LogP contribution in [-0.2, 0) is 9.53 Å². The van der Waals surface area contributed by atoms with Crippen LogP contribution in [0.1, 0.15) is 21.5 Å². The van der Waals surface area contributed by atoms with E-state index in [2.05, 4.69) is 0 Å². The van der Waals surface area contributed by atoms with Gasteiger partial charge in [-0.15, -0.1) is 0 Å². The highest BCUT2D eigenvalue weighted by atomic mass is 16.5. The van der Waals surface area contributed by atoms with Gasteiger partial charge in [-0.1, -0.05) is 23.8 Å². The van der Waals surface area contributed by atoms with E-state index in [0.717, 1.165) is 16.8 Å². The maximum absolute atomic E-state index is 12.5. The number of carbonyl (C=O) groups is 2. The molecule has 1 aliphatic heterocycles. The molecule has 2 aromatic carbocycles. The van der Waals surface area contributed by atoms with Crippen molar-refractivity contribution >= 4 is 17.6 Å². The highest BCUT2D eigenvalue weighted by molar-refractivity contribution is 5.98. The van der Waals surface area contributed by atoms with Crippen LogP contribution in [-0.4, -0.2) is 31.6 Å². The van der Waals surface area contributed by atoms with E-state index in [9.17, 15) is 9.59 Å². The lowest BCUT2D eigenvalue weighted by molar-refractivity contribution is -0.121. The van der Waals surface area contributed by atoms with Crippen LogP contribution in [0, 0.1) is 13.8 Å². The van der Waals surface area contributed by atoms with Gasteiger partial charge in [-0.2, -0.15) is 0 Å². The van der Waals surface area contributed by atoms with Gasteiger partial charge in [0.25, 0.3) is 5.91 Å². The van der Waals surface area contributed by atoms with Gasteiger partial charge < -0.3 is 14.4 Å². The zero-order valence-corrected chi connectivity index (χ0v) is 13.7. The Balaban J connectivity index is 1.68. The fourth-order valence-corrected chi connectivity index (χ4v) is 2.65. The number of ether oxygens (including phenoxy) is 2. The number of esters is 1. The SMILES string of the molecule is Cc1cccc(C(=O)OCC(=O)N2CCOc3ccc(C)cc32)c1. The second-order valence-corrected chi connectivity index (χ2v) is 5.81. The molecule has 24 heavy (non-hydrogen) atoms. The molecule has 0 fully saturated rings. The van der Waals surface area contributed by atoms with Gasteiger partial charge in [0.05, 0.1) is 17.8 Å². The zero-order chi connectivity index (χ0) is 17.1. The molecule has 1 aliphatic rings. The first kappa shape index (κ1) is 16.1. The Morgan fingerprint density at radius 2 is 1.92 bits per heavy atom. The number of carbonyl (C=O) groups excluding carboxylic acids is 2. The number of amides is 1. The first-order valence-electron chi connectivity index (χ1n) is 7.82. The number of nitrogens with zero attached hydrogens (tertiary/aromatic N) is 1. The van der Waals surface area contributed by atoms with Crippen molar-refractivity contribution < 1.29 is 19.1 Å². The van der Waals surface area contributed by atoms with Crippen molar-refractivity contribution in [1.82, 2.24) is 0 Å². The van der Waals surface area contributed by atoms with E-state index in [0.29, 0.717) is 24.5 Å². The van der Waals surface area contributed by atoms with Crippen molar-refractivity contribution in [1.29, 1.82) is 0 Å². The maximum Gasteiger partial charge on any atom is 0.338 e. The summed E-state index contributed by atoms with van der Waals surface area (Å²) < 4.78 is 10.7. The maximum atomic E-state index is 12.5. The van der Waals surface area contributed by atoms with Gasteiger partial charge in [0.15, 0.2) is 6.61 Å². The fourth-order valence-electron chi connectivity index (χ4n) is 2.65. The van der Waals surface area contributed by atoms with E-state index < -0.39 is 5.97 Å². The molecular formula is C19H19NO4. The summed E-state index contributed by atoms with van der Waals surface area (Å²) in [6.07, 6.45) is 0. The van der Waals surface area contributed by atoms with Gasteiger partial charge in [0.2, 0.25) is 0 Å². The average molecular weight is 325 g/mol. The van der Waals surface area contributed by atoms with E-state index in [1.54, 1.807) is 23.1 Å². The standard InChI is InChI=1S/C19H19NO4/c1-13-4-3-5-15(10-13)19(22)24-12-18(21)20-8-9-23-17-7-6-14(2)11-16(17)20/h3-7,10-11H,8-9,12H2,1-2H3. The molecule has 3 rings (SSSR count). The van der Waals surface area contributed by atoms with E-state index >= 15 is 0 Å². The monoisotopic (exact) mass is 325 g/mol. The molecule has 2 aromatic rings. The van der Waals surface area contributed by atoms with Crippen LogP contribution in [0.5, 0.6) is 5.75 Å². The highest BCUT2D eigenvalue weighted by Crippen LogP contribution is 2.32. The molecule has 0 atom stereocenters. The Morgan fingerprint density at radius 1 is 1.12 bits per heavy atom. The molecule has 1 amide bonds. The fraction of sp³-hybridized carbons (Fsp3) is 0.263. The van der Waals surface area contributed by atoms with Crippen LogP contribution < -0.4 is 9.64 Å². The number of hydrogen-bond donors (Lipinski definition) is 0. The lowest BCUT2D eigenvalue weighted by atomic mass is 10.1. The second-order valence-electron chi connectivity index (χ2n) is 5.81. The molecule has 0 saturated carbocycles. The number of aryl methyl sites for hydroxylation is 2. The number of benzene rings is 2. The van der Waals surface area contributed by atoms with Crippen LogP contribution in [0.2, 0.25) is 0 Å². The second kappa shape index (κ2) is 6.74. The van der Waals surface area contributed by atoms with Crippen LogP contribution in [0.3, 0.4) is 0 Å². The Bertz CT molecular complexity index is 785. The molecule has 5 heteroatoms. The van der Waals surface area contributed by atoms with Gasteiger partial charge in [-0.25, -0.2) is 4.79 Å². The molecule has 5 nitrogen and oxygen atoms in total. The summed E-state index contributed by atoms with van der Waals surface area (Å²) in [6, 6.07) is 12.8. The summed E-state index contributed by atoms with van der Waals surface area (Å²) in [7, 11) is 0. The quantitative estimate of drug-likeness (QED) is 0.814. The van der Waals surface area contributed by atoms with E-state index in [4.69, 9.17) is 9.47 Å². The van der Waals surface area contributed by atoms with E-state index in [1.807, 2.05) is 38.1 Å². The topological polar surface area (TPSA) is 55.8 Å². The molecule has 0 aromatic heterocycles. The molecular weight excluding hydrogens is 306 g/mol. The summed E-state index contributed by atoms with van der Waals surface area (Å²) in [4.78, 5) is 26.1. The van der Waals surface area contributed by atoms with Crippen molar-refractivity contribution in [2.75, 3.05) is 24.7 Å². The molecule has 0 bridgehead atoms. The normalized spacial score (nSPS) is 13.0. The smallest absolute Gasteiger partial charge is 0.338 e. The van der Waals surface area contributed by atoms with Crippen molar-refractivity contribution in [2.45, 2.75) is 13.8 Å². The Labute approximate surface area is 140 Å². The molecule has 1 heterocycles. The van der Waals surface area contributed by atoms with Crippen molar-refractivity contribution in [3.63, 3.8) is 0 Å². The summed E-state index contributed by atoms with van der Waals surface area (Å²) in [6.45, 7) is 4.43. The Morgan fingerprint density at radius 3 is 2.71 bits per heavy atom. The van der Waals surface area contributed by atoms with Crippen molar-refractivity contribution in [3.05, 3.63) is 59.2 Å². The third-order valence-corrected chi connectivity index (χ3v) is 3.86. The highest BCUT2D eigenvalue weighted by Gasteiger charge is 2.24. The third kappa shape index (κ3) is 3.40. The van der Waals surface area contributed by atoms with Crippen LogP contribution >= 0.6 is 0 Å². The predicted octanol–water partition coefficient (Wildman–Crippen LogP) is 2.89. The van der Waals surface area contributed by atoms with Crippen molar-refractivity contribution in [2.24, 2.45) is 0 Å². The predicted molar refractivity (Wildman–Crippen MR) is 90.5 cm³/mol. The van der Waals surface area contributed by atoms with Gasteiger partial charge in [0, 0.05) is 0 Å². The molecule has 124 valence electrons. The minimum atomic E-state index is -0.496. The van der Waals surface area contributed by atoms with E-state index in [1.165, 1.54) is 0 Å². The molecule has 0 N–H and O–H groups in total. The number of anilines is 1. The van der Waals surface area contributed by atoms with Gasteiger partial charge in [-0.05, 0) is 43.7 Å². The zero-order valence-electron chi connectivity index (χ0n) is 13.7. The molecule has 0 unspecified atom stereocenters. The van der Waals surface area contributed by atoms with E-state index in [-0.39, 0.29) is 12.5 Å². The summed E-state index contributed by atoms with van der Waals surface area (Å²) in [5.74, 6) is -0.0823. The van der Waals surface area contributed by atoms with Gasteiger partial charge in [-0.3, -0.25) is 4.79 Å². The Hall–Kier alpha value is -2.82. The lowest BCUT2D eigenvalue weighted by Gasteiger charge is -2.29. The summed E-state index contributed by atoms with van der Waals surface area (Å²) >= 11 is 0. The molecule has 0 spiro atoms. The number of hydrogen-bond acceptors (Lipinski definition) is 4. The Kier molecular flexibility index (Phi) is 4.51. The summed E-state index contributed by atoms with van der Waals surface area (Å²) in [5.41, 5.74) is 3.17. The third-order valence-electron chi connectivity index (χ3n) is 3.86. The van der Waals surface area contributed by atoms with Crippen molar-refractivity contribution in [3.8, 4) is 5.75 Å². The van der Waals surface area contributed by atoms with Crippen LogP contribution in [0.25, 0.3) is 0 Å². The largest absolute Gasteiger partial charge is 0.490 e. The molecule has 0 saturated heterocycles. The summed E-state index contributed by atoms with van der Waals surface area (Å²) in [5, 5.41) is 0. The average Bonchev–Trinajstić information content (AvgIpc) is 2.58. The van der Waals surface area contributed by atoms with Crippen LogP contribution in [0.15, 0.2) is 42.5 Å². The van der Waals surface area contributed by atoms with Crippen LogP contribution in [0.4, 0.5) is 5.69 Å². The minimum absolute atomic E-state index is 0.258. The first-order valence-corrected chi connectivity index (χ1v) is 7.82. The number of fused-ring (bicyclic) bond motifs is 1. The number of rotatable bonds is 3. The molecule has 0 radical (unpaired) electrons. The minimum Gasteiger partial charge on any atom is -0.490 e. The van der Waals surface area contributed by atoms with Gasteiger partial charge >= 0.3 is 5.97 Å². The lowest BCUT2D eigenvalue weighted by Crippen LogP contribution is -2.40. The van der Waals surface area contributed by atoms with Gasteiger partial charge in [0.1, 0.15) is 12.4 Å².